The third-order valence-electron chi connectivity index (χ3n) is 3.85. The van der Waals surface area contributed by atoms with E-state index in [0.717, 1.165) is 0 Å². The van der Waals surface area contributed by atoms with Gasteiger partial charge in [0.15, 0.2) is 11.5 Å². The number of aromatic nitrogens is 2. The largest absolute Gasteiger partial charge is 0.486 e. The van der Waals surface area contributed by atoms with Crippen molar-refractivity contribution in [2.24, 2.45) is 0 Å². The zero-order valence-electron chi connectivity index (χ0n) is 14.1. The summed E-state index contributed by atoms with van der Waals surface area (Å²) in [5.41, 5.74) is 1.02. The highest BCUT2D eigenvalue weighted by Crippen LogP contribution is 2.36. The van der Waals surface area contributed by atoms with Crippen molar-refractivity contribution in [3.63, 3.8) is 0 Å². The van der Waals surface area contributed by atoms with E-state index in [0.29, 0.717) is 36.1 Å². The molecule has 0 saturated carbocycles. The van der Waals surface area contributed by atoms with Crippen LogP contribution in [0.5, 0.6) is 11.5 Å². The van der Waals surface area contributed by atoms with Crippen molar-refractivity contribution in [2.45, 2.75) is 0 Å². The molecule has 0 saturated heterocycles. The Morgan fingerprint density at radius 2 is 1.56 bits per heavy atom. The Balaban J connectivity index is 1.66. The molecule has 0 fully saturated rings. The van der Waals surface area contributed by atoms with Crippen LogP contribution in [0, 0.1) is 10.1 Å². The number of nitro groups is 1. The molecule has 9 nitrogen and oxygen atoms in total. The second-order valence-electron chi connectivity index (χ2n) is 5.65. The number of fused-ring (bicyclic) bond motifs is 1. The van der Waals surface area contributed by atoms with Gasteiger partial charge in [-0.2, -0.15) is 0 Å². The van der Waals surface area contributed by atoms with Crippen molar-refractivity contribution >= 4 is 28.7 Å². The zero-order chi connectivity index (χ0) is 18.6. The number of hydrogen-bond acceptors (Lipinski definition) is 8. The minimum absolute atomic E-state index is 0.0742. The fourth-order valence-corrected chi connectivity index (χ4v) is 2.65. The van der Waals surface area contributed by atoms with Crippen molar-refractivity contribution in [3.05, 3.63) is 65.0 Å². The number of para-hydroxylation sites is 1. The number of nitrogens with one attached hydrogen (secondary N) is 2. The predicted octanol–water partition coefficient (Wildman–Crippen LogP) is 3.64. The lowest BCUT2D eigenvalue weighted by Crippen LogP contribution is -2.15. The monoisotopic (exact) mass is 365 g/mol. The fourth-order valence-electron chi connectivity index (χ4n) is 2.65. The summed E-state index contributed by atoms with van der Waals surface area (Å²) in [6.45, 7) is 0.945. The maximum absolute atomic E-state index is 11.7. The topological polar surface area (TPSA) is 111 Å². The van der Waals surface area contributed by atoms with Gasteiger partial charge in [-0.15, -0.1) is 0 Å². The lowest BCUT2D eigenvalue weighted by molar-refractivity contribution is -0.383. The highest BCUT2D eigenvalue weighted by Gasteiger charge is 2.24. The summed E-state index contributed by atoms with van der Waals surface area (Å²) in [5, 5.41) is 17.6. The first-order valence-corrected chi connectivity index (χ1v) is 8.19. The van der Waals surface area contributed by atoms with Gasteiger partial charge in [-0.05, 0) is 24.3 Å². The smallest absolute Gasteiger partial charge is 0.353 e. The summed E-state index contributed by atoms with van der Waals surface area (Å²) in [5.74, 6) is 1.38. The third kappa shape index (κ3) is 3.56. The van der Waals surface area contributed by atoms with Crippen LogP contribution in [-0.4, -0.2) is 28.1 Å². The van der Waals surface area contributed by atoms with E-state index < -0.39 is 4.92 Å². The van der Waals surface area contributed by atoms with E-state index in [2.05, 4.69) is 20.6 Å². The normalized spacial score (nSPS) is 12.3. The molecule has 0 radical (unpaired) electrons. The summed E-state index contributed by atoms with van der Waals surface area (Å²) in [6.07, 6.45) is 1.26. The number of ether oxygens (including phenoxy) is 2. The van der Waals surface area contributed by atoms with Gasteiger partial charge in [0.2, 0.25) is 11.6 Å². The molecule has 1 aromatic heterocycles. The van der Waals surface area contributed by atoms with E-state index in [1.165, 1.54) is 6.33 Å². The summed E-state index contributed by atoms with van der Waals surface area (Å²) in [7, 11) is 0. The standard InChI is InChI=1S/C18H15N5O4/c24-23(25)16-17(21-12-4-2-1-3-5-12)19-11-20-18(16)22-13-6-7-14-15(10-13)27-9-8-26-14/h1-7,10-11H,8-9H2,(H2,19,20,21,22). The Kier molecular flexibility index (Phi) is 4.40. The third-order valence-corrected chi connectivity index (χ3v) is 3.85. The molecule has 0 aliphatic carbocycles. The van der Waals surface area contributed by atoms with Crippen LogP contribution < -0.4 is 20.1 Å². The Hall–Kier alpha value is -3.88. The molecule has 0 amide bonds. The SMILES string of the molecule is O=[N+]([O-])c1c(Nc2ccccc2)ncnc1Nc1ccc2c(c1)OCCO2. The van der Waals surface area contributed by atoms with Crippen LogP contribution in [0.15, 0.2) is 54.9 Å². The van der Waals surface area contributed by atoms with Crippen molar-refractivity contribution in [3.8, 4) is 11.5 Å². The molecule has 2 aromatic carbocycles. The molecule has 9 heteroatoms. The van der Waals surface area contributed by atoms with E-state index >= 15 is 0 Å². The average Bonchev–Trinajstić information content (AvgIpc) is 2.68. The summed E-state index contributed by atoms with van der Waals surface area (Å²) < 4.78 is 11.0. The summed E-state index contributed by atoms with van der Waals surface area (Å²) in [4.78, 5) is 19.2. The van der Waals surface area contributed by atoms with Crippen molar-refractivity contribution in [1.29, 1.82) is 0 Å². The Morgan fingerprint density at radius 3 is 2.26 bits per heavy atom. The number of hydrogen-bond donors (Lipinski definition) is 2. The number of benzene rings is 2. The second-order valence-corrected chi connectivity index (χ2v) is 5.65. The molecule has 1 aliphatic rings. The number of anilines is 4. The van der Waals surface area contributed by atoms with Crippen LogP contribution in [0.3, 0.4) is 0 Å². The van der Waals surface area contributed by atoms with Gasteiger partial charge < -0.3 is 20.1 Å². The van der Waals surface area contributed by atoms with Crippen molar-refractivity contribution in [2.75, 3.05) is 23.8 Å². The van der Waals surface area contributed by atoms with Crippen LogP contribution in [0.25, 0.3) is 0 Å². The molecule has 0 unspecified atom stereocenters. The molecular formula is C18H15N5O4. The summed E-state index contributed by atoms with van der Waals surface area (Å²) in [6, 6.07) is 14.3. The second kappa shape index (κ2) is 7.16. The molecule has 0 bridgehead atoms. The highest BCUT2D eigenvalue weighted by molar-refractivity contribution is 5.77. The quantitative estimate of drug-likeness (QED) is 0.521. The van der Waals surface area contributed by atoms with Gasteiger partial charge >= 0.3 is 5.69 Å². The molecule has 136 valence electrons. The molecular weight excluding hydrogens is 350 g/mol. The predicted molar refractivity (Wildman–Crippen MR) is 99.1 cm³/mol. The first-order valence-electron chi connectivity index (χ1n) is 8.19. The fraction of sp³-hybridized carbons (Fsp3) is 0.111. The van der Waals surface area contributed by atoms with E-state index in [9.17, 15) is 10.1 Å². The van der Waals surface area contributed by atoms with Crippen LogP contribution in [-0.2, 0) is 0 Å². The Labute approximate surface area is 154 Å². The molecule has 4 rings (SSSR count). The number of nitrogens with zero attached hydrogens (tertiary/aromatic N) is 3. The van der Waals surface area contributed by atoms with Crippen molar-refractivity contribution in [1.82, 2.24) is 9.97 Å². The molecule has 2 N–H and O–H groups in total. The van der Waals surface area contributed by atoms with E-state index in [1.54, 1.807) is 30.3 Å². The maximum atomic E-state index is 11.7. The lowest BCUT2D eigenvalue weighted by Gasteiger charge is -2.19. The van der Waals surface area contributed by atoms with Gasteiger partial charge in [0.05, 0.1) is 4.92 Å². The van der Waals surface area contributed by atoms with Gasteiger partial charge in [0, 0.05) is 17.4 Å². The first kappa shape index (κ1) is 16.6. The van der Waals surface area contributed by atoms with Gasteiger partial charge in [0.1, 0.15) is 19.5 Å². The maximum Gasteiger partial charge on any atom is 0.353 e. The van der Waals surface area contributed by atoms with Crippen LogP contribution in [0.1, 0.15) is 0 Å². The highest BCUT2D eigenvalue weighted by atomic mass is 16.6. The van der Waals surface area contributed by atoms with Crippen molar-refractivity contribution < 1.29 is 14.4 Å². The van der Waals surface area contributed by atoms with Gasteiger partial charge in [-0.3, -0.25) is 10.1 Å². The van der Waals surface area contributed by atoms with Gasteiger partial charge in [0.25, 0.3) is 0 Å². The molecule has 0 atom stereocenters. The number of rotatable bonds is 5. The van der Waals surface area contributed by atoms with Crippen LogP contribution in [0.4, 0.5) is 28.7 Å². The average molecular weight is 365 g/mol. The lowest BCUT2D eigenvalue weighted by atomic mass is 10.2. The molecule has 2 heterocycles. The van der Waals surface area contributed by atoms with E-state index in [-0.39, 0.29) is 17.3 Å². The van der Waals surface area contributed by atoms with Crippen LogP contribution >= 0.6 is 0 Å². The van der Waals surface area contributed by atoms with Gasteiger partial charge in [-0.25, -0.2) is 9.97 Å². The van der Waals surface area contributed by atoms with E-state index in [1.807, 2.05) is 18.2 Å². The first-order chi connectivity index (χ1) is 13.2. The summed E-state index contributed by atoms with van der Waals surface area (Å²) >= 11 is 0. The molecule has 0 spiro atoms. The van der Waals surface area contributed by atoms with Gasteiger partial charge in [-0.1, -0.05) is 18.2 Å². The Bertz CT molecular complexity index is 981. The molecule has 3 aromatic rings. The minimum Gasteiger partial charge on any atom is -0.486 e. The molecule has 1 aliphatic heterocycles. The van der Waals surface area contributed by atoms with E-state index in [4.69, 9.17) is 9.47 Å². The minimum atomic E-state index is -0.522. The van der Waals surface area contributed by atoms with Crippen LogP contribution in [0.2, 0.25) is 0 Å². The molecule has 27 heavy (non-hydrogen) atoms. The zero-order valence-corrected chi connectivity index (χ0v) is 14.1. The Morgan fingerprint density at radius 1 is 0.889 bits per heavy atom.